The highest BCUT2D eigenvalue weighted by molar-refractivity contribution is 7.86. The van der Waals surface area contributed by atoms with E-state index in [4.69, 9.17) is 17.8 Å². The van der Waals surface area contributed by atoms with Crippen LogP contribution in [0.4, 0.5) is 5.82 Å². The molecule has 2 aromatic carbocycles. The standard InChI is InChI=1S/C27H29N5O10S2/c1-43(35,36)40-14-27(15-41-44(2,37)38)22(39-13-18-9-5-3-6-10-18)21(33)26(42-27)32-17-30-20-23(28-16-29-24(20)32)31-25(34)19-11-7-4-8-12-19/h3-12,16-17,21-22,26,33H,13-15H2,1-2H3,(H,28,29,31,34)/t21-,22+,26+/m0/s1. The number of carbonyl (C=O) groups is 1. The van der Waals surface area contributed by atoms with E-state index in [-0.39, 0.29) is 23.6 Å². The van der Waals surface area contributed by atoms with Crippen LogP contribution in [0.1, 0.15) is 22.1 Å². The average molecular weight is 648 g/mol. The molecule has 1 aliphatic rings. The van der Waals surface area contributed by atoms with Crippen molar-refractivity contribution in [3.63, 3.8) is 0 Å². The van der Waals surface area contributed by atoms with Gasteiger partial charge in [-0.2, -0.15) is 16.8 Å². The van der Waals surface area contributed by atoms with Gasteiger partial charge in [0.2, 0.25) is 0 Å². The summed E-state index contributed by atoms with van der Waals surface area (Å²) >= 11 is 0. The molecule has 2 N–H and O–H groups in total. The number of aliphatic hydroxyl groups excluding tert-OH is 1. The van der Waals surface area contributed by atoms with E-state index >= 15 is 0 Å². The predicted octanol–water partition coefficient (Wildman–Crippen LogP) is 1.24. The van der Waals surface area contributed by atoms with Crippen LogP contribution < -0.4 is 5.32 Å². The fourth-order valence-electron chi connectivity index (χ4n) is 4.66. The second-order valence-electron chi connectivity index (χ2n) is 10.1. The summed E-state index contributed by atoms with van der Waals surface area (Å²) in [7, 11) is -8.12. The maximum absolute atomic E-state index is 12.8. The van der Waals surface area contributed by atoms with Crippen LogP contribution in [0.25, 0.3) is 11.2 Å². The van der Waals surface area contributed by atoms with E-state index in [2.05, 4.69) is 20.3 Å². The van der Waals surface area contributed by atoms with Crippen molar-refractivity contribution < 1.29 is 44.6 Å². The van der Waals surface area contributed by atoms with Crippen molar-refractivity contribution in [2.75, 3.05) is 31.0 Å². The van der Waals surface area contributed by atoms with Gasteiger partial charge in [-0.25, -0.2) is 15.0 Å². The van der Waals surface area contributed by atoms with Gasteiger partial charge in [0, 0.05) is 5.56 Å². The second-order valence-corrected chi connectivity index (χ2v) is 13.4. The molecule has 3 heterocycles. The quantitative estimate of drug-likeness (QED) is 0.209. The van der Waals surface area contributed by atoms with Crippen LogP contribution >= 0.6 is 0 Å². The van der Waals surface area contributed by atoms with Gasteiger partial charge in [-0.05, 0) is 17.7 Å². The molecule has 15 nitrogen and oxygen atoms in total. The van der Waals surface area contributed by atoms with Crippen LogP contribution in [0.5, 0.6) is 0 Å². The number of fused-ring (bicyclic) bond motifs is 1. The van der Waals surface area contributed by atoms with Gasteiger partial charge in [-0.15, -0.1) is 0 Å². The van der Waals surface area contributed by atoms with Crippen LogP contribution in [0, 0.1) is 0 Å². The Morgan fingerprint density at radius 2 is 1.57 bits per heavy atom. The number of nitrogens with one attached hydrogen (secondary N) is 1. The Hall–Kier alpha value is -3.84. The molecule has 17 heteroatoms. The van der Waals surface area contributed by atoms with Crippen LogP contribution in [-0.4, -0.2) is 90.9 Å². The molecule has 2 aromatic heterocycles. The number of benzene rings is 2. The lowest BCUT2D eigenvalue weighted by Gasteiger charge is -2.33. The minimum Gasteiger partial charge on any atom is -0.386 e. The van der Waals surface area contributed by atoms with E-state index in [1.807, 2.05) is 0 Å². The number of nitrogens with zero attached hydrogens (tertiary/aromatic N) is 4. The number of anilines is 1. The van der Waals surface area contributed by atoms with Gasteiger partial charge >= 0.3 is 0 Å². The van der Waals surface area contributed by atoms with Crippen molar-refractivity contribution >= 4 is 43.1 Å². The maximum Gasteiger partial charge on any atom is 0.264 e. The highest BCUT2D eigenvalue weighted by Crippen LogP contribution is 2.42. The smallest absolute Gasteiger partial charge is 0.264 e. The largest absolute Gasteiger partial charge is 0.386 e. The SMILES string of the molecule is CS(=O)(=O)OCC1(COS(C)(=O)=O)O[C@@H](n2cnc3c(NC(=O)c4ccccc4)ncnc32)[C@@H](O)[C@H]1OCc1ccccc1. The monoisotopic (exact) mass is 647 g/mol. The number of aromatic nitrogens is 4. The maximum atomic E-state index is 12.8. The van der Waals surface area contributed by atoms with Gasteiger partial charge in [0.25, 0.3) is 26.1 Å². The zero-order valence-corrected chi connectivity index (χ0v) is 25.1. The van der Waals surface area contributed by atoms with Crippen LogP contribution in [0.15, 0.2) is 73.3 Å². The van der Waals surface area contributed by atoms with Crippen molar-refractivity contribution in [2.45, 2.75) is 30.6 Å². The number of aliphatic hydroxyl groups is 1. The second kappa shape index (κ2) is 12.6. The molecule has 0 bridgehead atoms. The van der Waals surface area contributed by atoms with E-state index in [0.717, 1.165) is 12.5 Å². The molecule has 0 radical (unpaired) electrons. The van der Waals surface area contributed by atoms with Crippen molar-refractivity contribution in [3.8, 4) is 0 Å². The number of rotatable bonds is 12. The van der Waals surface area contributed by atoms with E-state index in [1.54, 1.807) is 60.7 Å². The molecule has 4 aromatic rings. The number of ether oxygens (including phenoxy) is 2. The Kier molecular flexibility index (Phi) is 9.07. The summed E-state index contributed by atoms with van der Waals surface area (Å²) in [6.45, 7) is -1.57. The van der Waals surface area contributed by atoms with Crippen LogP contribution in [-0.2, 0) is 44.7 Å². The van der Waals surface area contributed by atoms with Gasteiger partial charge in [0.05, 0.1) is 25.4 Å². The summed E-state index contributed by atoms with van der Waals surface area (Å²) in [6.07, 6.45) is -0.172. The zero-order chi connectivity index (χ0) is 31.5. The van der Waals surface area contributed by atoms with E-state index in [1.165, 1.54) is 17.2 Å². The molecule has 234 valence electrons. The molecule has 0 aliphatic carbocycles. The predicted molar refractivity (Wildman–Crippen MR) is 155 cm³/mol. The molecule has 1 fully saturated rings. The zero-order valence-electron chi connectivity index (χ0n) is 23.5. The van der Waals surface area contributed by atoms with Gasteiger partial charge in [-0.1, -0.05) is 48.5 Å². The highest BCUT2D eigenvalue weighted by Gasteiger charge is 2.58. The number of amides is 1. The first-order chi connectivity index (χ1) is 20.9. The highest BCUT2D eigenvalue weighted by atomic mass is 32.2. The Labute approximate surface area is 253 Å². The summed E-state index contributed by atoms with van der Waals surface area (Å²) in [6, 6.07) is 17.3. The van der Waals surface area contributed by atoms with Gasteiger partial charge in [0.15, 0.2) is 23.2 Å². The lowest BCUT2D eigenvalue weighted by atomic mass is 9.96. The molecule has 1 aliphatic heterocycles. The number of hydrogen-bond acceptors (Lipinski definition) is 13. The van der Waals surface area contributed by atoms with E-state index < -0.39 is 63.4 Å². The number of hydrogen-bond donors (Lipinski definition) is 2. The topological polar surface area (TPSA) is 198 Å². The molecule has 0 unspecified atom stereocenters. The molecule has 3 atom stereocenters. The van der Waals surface area contributed by atoms with Crippen LogP contribution in [0.3, 0.4) is 0 Å². The van der Waals surface area contributed by atoms with Crippen molar-refractivity contribution in [3.05, 3.63) is 84.4 Å². The molecule has 0 saturated carbocycles. The Morgan fingerprint density at radius 1 is 0.955 bits per heavy atom. The number of imidazole rings is 1. The van der Waals surface area contributed by atoms with E-state index in [0.29, 0.717) is 11.1 Å². The summed E-state index contributed by atoms with van der Waals surface area (Å²) in [5.74, 6) is -0.361. The molecular weight excluding hydrogens is 618 g/mol. The van der Waals surface area contributed by atoms with Crippen molar-refractivity contribution in [1.29, 1.82) is 0 Å². The minimum atomic E-state index is -4.06. The third-order valence-electron chi connectivity index (χ3n) is 6.68. The van der Waals surface area contributed by atoms with Gasteiger partial charge in [-0.3, -0.25) is 17.7 Å². The molecular formula is C27H29N5O10S2. The normalized spacial score (nSPS) is 20.1. The van der Waals surface area contributed by atoms with Crippen molar-refractivity contribution in [2.24, 2.45) is 0 Å². The van der Waals surface area contributed by atoms with Gasteiger partial charge < -0.3 is 19.9 Å². The summed E-state index contributed by atoms with van der Waals surface area (Å²) in [4.78, 5) is 25.5. The lowest BCUT2D eigenvalue weighted by Crippen LogP contribution is -2.52. The average Bonchev–Trinajstić information content (AvgIpc) is 3.53. The first-order valence-corrected chi connectivity index (χ1v) is 16.7. The summed E-state index contributed by atoms with van der Waals surface area (Å²) < 4.78 is 71.7. The molecule has 1 saturated heterocycles. The molecule has 44 heavy (non-hydrogen) atoms. The van der Waals surface area contributed by atoms with Crippen molar-refractivity contribution in [1.82, 2.24) is 19.5 Å². The molecule has 1 amide bonds. The molecule has 0 spiro atoms. The minimum absolute atomic E-state index is 0.0549. The fraction of sp³-hybridized carbons (Fsp3) is 0.333. The van der Waals surface area contributed by atoms with Gasteiger partial charge in [0.1, 0.15) is 37.4 Å². The fourth-order valence-corrected chi connectivity index (χ4v) is 5.48. The third-order valence-corrected chi connectivity index (χ3v) is 7.78. The number of carbonyl (C=O) groups excluding carboxylic acids is 1. The lowest BCUT2D eigenvalue weighted by molar-refractivity contribution is -0.153. The summed E-state index contributed by atoms with van der Waals surface area (Å²) in [5.41, 5.74) is -0.554. The molecule has 5 rings (SSSR count). The first-order valence-electron chi connectivity index (χ1n) is 13.1. The first kappa shape index (κ1) is 31.6. The third kappa shape index (κ3) is 7.27. The van der Waals surface area contributed by atoms with Crippen LogP contribution in [0.2, 0.25) is 0 Å². The Morgan fingerprint density at radius 3 is 2.18 bits per heavy atom. The Balaban J connectivity index is 1.52. The van der Waals surface area contributed by atoms with E-state index in [9.17, 15) is 26.7 Å². The Bertz CT molecular complexity index is 1800. The summed E-state index contributed by atoms with van der Waals surface area (Å²) in [5, 5.41) is 14.3.